The van der Waals surface area contributed by atoms with Crippen LogP contribution in [0.5, 0.6) is 17.2 Å². The standard InChI is InChI=1S/C22H22N2O6S/c1-13-20(31-21(23-13)14-8-9-17(28-3)18(10-14)29-4)22(26)30-12-19(25)24-15-6-5-7-16(11-15)27-2/h5-11H,12H2,1-4H3,(H,24,25). The largest absolute Gasteiger partial charge is 0.497 e. The van der Waals surface area contributed by atoms with Crippen molar-refractivity contribution in [2.24, 2.45) is 0 Å². The number of ether oxygens (including phenoxy) is 4. The Labute approximate surface area is 183 Å². The van der Waals surface area contributed by atoms with E-state index in [0.717, 1.165) is 5.56 Å². The average molecular weight is 442 g/mol. The molecule has 1 N–H and O–H groups in total. The van der Waals surface area contributed by atoms with E-state index in [1.165, 1.54) is 18.4 Å². The van der Waals surface area contributed by atoms with E-state index in [9.17, 15) is 9.59 Å². The van der Waals surface area contributed by atoms with Crippen LogP contribution in [-0.2, 0) is 9.53 Å². The van der Waals surface area contributed by atoms with E-state index in [1.807, 2.05) is 6.07 Å². The van der Waals surface area contributed by atoms with E-state index in [2.05, 4.69) is 10.3 Å². The highest BCUT2D eigenvalue weighted by molar-refractivity contribution is 7.17. The van der Waals surface area contributed by atoms with Gasteiger partial charge in [0.05, 0.1) is 27.0 Å². The zero-order valence-corrected chi connectivity index (χ0v) is 18.4. The molecule has 0 aliphatic carbocycles. The molecule has 1 amide bonds. The molecule has 0 aliphatic rings. The van der Waals surface area contributed by atoms with E-state index >= 15 is 0 Å². The van der Waals surface area contributed by atoms with Gasteiger partial charge in [0.2, 0.25) is 0 Å². The lowest BCUT2D eigenvalue weighted by molar-refractivity contribution is -0.119. The van der Waals surface area contributed by atoms with Gasteiger partial charge in [-0.1, -0.05) is 6.07 Å². The third kappa shape index (κ3) is 5.32. The Hall–Kier alpha value is -3.59. The van der Waals surface area contributed by atoms with Crippen LogP contribution < -0.4 is 19.5 Å². The molecule has 0 aliphatic heterocycles. The molecule has 31 heavy (non-hydrogen) atoms. The normalized spacial score (nSPS) is 10.3. The van der Waals surface area contributed by atoms with Gasteiger partial charge in [-0.15, -0.1) is 11.3 Å². The van der Waals surface area contributed by atoms with Gasteiger partial charge in [0.25, 0.3) is 5.91 Å². The van der Waals surface area contributed by atoms with Gasteiger partial charge < -0.3 is 24.3 Å². The second-order valence-corrected chi connectivity index (χ2v) is 7.36. The van der Waals surface area contributed by atoms with E-state index < -0.39 is 18.5 Å². The SMILES string of the molecule is COc1cccc(NC(=O)COC(=O)c2sc(-c3ccc(OC)c(OC)c3)nc2C)c1. The minimum absolute atomic E-state index is 0.332. The number of hydrogen-bond donors (Lipinski definition) is 1. The van der Waals surface area contributed by atoms with Crippen LogP contribution in [0.3, 0.4) is 0 Å². The minimum Gasteiger partial charge on any atom is -0.497 e. The molecule has 0 atom stereocenters. The number of benzene rings is 2. The summed E-state index contributed by atoms with van der Waals surface area (Å²) in [6, 6.07) is 12.3. The Morgan fingerprint density at radius 2 is 1.77 bits per heavy atom. The molecular weight excluding hydrogens is 420 g/mol. The van der Waals surface area contributed by atoms with E-state index in [4.69, 9.17) is 18.9 Å². The Balaban J connectivity index is 1.66. The van der Waals surface area contributed by atoms with Crippen LogP contribution in [0.2, 0.25) is 0 Å². The van der Waals surface area contributed by atoms with E-state index in [0.29, 0.717) is 38.5 Å². The average Bonchev–Trinajstić information content (AvgIpc) is 3.18. The number of amides is 1. The number of carbonyl (C=O) groups is 2. The van der Waals surface area contributed by atoms with Crippen molar-refractivity contribution in [1.82, 2.24) is 4.98 Å². The molecule has 9 heteroatoms. The fourth-order valence-corrected chi connectivity index (χ4v) is 3.73. The maximum atomic E-state index is 12.5. The topological polar surface area (TPSA) is 96.0 Å². The summed E-state index contributed by atoms with van der Waals surface area (Å²) in [7, 11) is 4.65. The first-order valence-electron chi connectivity index (χ1n) is 9.26. The second kappa shape index (κ2) is 9.94. The van der Waals surface area contributed by atoms with Crippen molar-refractivity contribution in [3.05, 3.63) is 53.0 Å². The van der Waals surface area contributed by atoms with Crippen molar-refractivity contribution in [1.29, 1.82) is 0 Å². The summed E-state index contributed by atoms with van der Waals surface area (Å²) in [6.45, 7) is 1.30. The number of rotatable bonds is 8. The smallest absolute Gasteiger partial charge is 0.350 e. The predicted octanol–water partition coefficient (Wildman–Crippen LogP) is 3.94. The summed E-state index contributed by atoms with van der Waals surface area (Å²) in [5, 5.41) is 3.29. The molecule has 0 spiro atoms. The van der Waals surface area contributed by atoms with Crippen molar-refractivity contribution in [3.63, 3.8) is 0 Å². The van der Waals surface area contributed by atoms with Crippen molar-refractivity contribution in [3.8, 4) is 27.8 Å². The maximum absolute atomic E-state index is 12.5. The Morgan fingerprint density at radius 3 is 2.48 bits per heavy atom. The van der Waals surface area contributed by atoms with Crippen molar-refractivity contribution in [2.45, 2.75) is 6.92 Å². The highest BCUT2D eigenvalue weighted by Crippen LogP contribution is 2.35. The summed E-state index contributed by atoms with van der Waals surface area (Å²) in [6.07, 6.45) is 0. The number of anilines is 1. The third-order valence-corrected chi connectivity index (χ3v) is 5.49. The first kappa shape index (κ1) is 22.1. The zero-order chi connectivity index (χ0) is 22.4. The molecular formula is C22H22N2O6S. The van der Waals surface area contributed by atoms with Crippen LogP contribution in [0, 0.1) is 6.92 Å². The summed E-state index contributed by atoms with van der Waals surface area (Å²) < 4.78 is 20.9. The van der Waals surface area contributed by atoms with Crippen LogP contribution >= 0.6 is 11.3 Å². The Bertz CT molecular complexity index is 1100. The maximum Gasteiger partial charge on any atom is 0.350 e. The molecule has 0 bridgehead atoms. The lowest BCUT2D eigenvalue weighted by atomic mass is 10.2. The van der Waals surface area contributed by atoms with Gasteiger partial charge in [0.1, 0.15) is 15.6 Å². The number of methoxy groups -OCH3 is 3. The summed E-state index contributed by atoms with van der Waals surface area (Å²) in [5.74, 6) is 0.705. The Kier molecular flexibility index (Phi) is 7.09. The fraction of sp³-hybridized carbons (Fsp3) is 0.227. The van der Waals surface area contributed by atoms with Gasteiger partial charge in [-0.3, -0.25) is 4.79 Å². The number of nitrogens with zero attached hydrogens (tertiary/aromatic N) is 1. The second-order valence-electron chi connectivity index (χ2n) is 6.36. The number of nitrogens with one attached hydrogen (secondary N) is 1. The number of hydrogen-bond acceptors (Lipinski definition) is 8. The van der Waals surface area contributed by atoms with E-state index in [1.54, 1.807) is 57.5 Å². The molecule has 3 aromatic rings. The van der Waals surface area contributed by atoms with Crippen LogP contribution in [0.15, 0.2) is 42.5 Å². The van der Waals surface area contributed by atoms with Crippen LogP contribution in [0.4, 0.5) is 5.69 Å². The molecule has 162 valence electrons. The minimum atomic E-state index is -0.609. The van der Waals surface area contributed by atoms with E-state index in [-0.39, 0.29) is 0 Å². The summed E-state index contributed by atoms with van der Waals surface area (Å²) in [5.41, 5.74) is 1.85. The fourth-order valence-electron chi connectivity index (χ4n) is 2.77. The van der Waals surface area contributed by atoms with Gasteiger partial charge in [-0.05, 0) is 37.3 Å². The monoisotopic (exact) mass is 442 g/mol. The molecule has 0 fully saturated rings. The number of aryl methyl sites for hydroxylation is 1. The van der Waals surface area contributed by atoms with Crippen molar-refractivity contribution < 1.29 is 28.5 Å². The molecule has 0 saturated carbocycles. The van der Waals surface area contributed by atoms with Gasteiger partial charge >= 0.3 is 5.97 Å². The lowest BCUT2D eigenvalue weighted by Gasteiger charge is -2.08. The molecule has 3 rings (SSSR count). The molecule has 0 saturated heterocycles. The molecule has 1 aromatic heterocycles. The van der Waals surface area contributed by atoms with Gasteiger partial charge in [-0.25, -0.2) is 9.78 Å². The molecule has 2 aromatic carbocycles. The first-order chi connectivity index (χ1) is 14.9. The number of thiazole rings is 1. The summed E-state index contributed by atoms with van der Waals surface area (Å²) >= 11 is 1.18. The molecule has 1 heterocycles. The van der Waals surface area contributed by atoms with Gasteiger partial charge in [0.15, 0.2) is 18.1 Å². The van der Waals surface area contributed by atoms with Gasteiger partial charge in [-0.2, -0.15) is 0 Å². The van der Waals surface area contributed by atoms with Crippen LogP contribution in [0.1, 0.15) is 15.4 Å². The molecule has 8 nitrogen and oxygen atoms in total. The third-order valence-electron chi connectivity index (χ3n) is 4.30. The molecule has 0 unspecified atom stereocenters. The number of carbonyl (C=O) groups excluding carboxylic acids is 2. The lowest BCUT2D eigenvalue weighted by Crippen LogP contribution is -2.20. The van der Waals surface area contributed by atoms with Crippen molar-refractivity contribution >= 4 is 28.9 Å². The molecule has 0 radical (unpaired) electrons. The first-order valence-corrected chi connectivity index (χ1v) is 10.1. The van der Waals surface area contributed by atoms with Crippen LogP contribution in [0.25, 0.3) is 10.6 Å². The van der Waals surface area contributed by atoms with Gasteiger partial charge in [0, 0.05) is 17.3 Å². The quantitative estimate of drug-likeness (QED) is 0.528. The van der Waals surface area contributed by atoms with Crippen LogP contribution in [-0.4, -0.2) is 44.8 Å². The highest BCUT2D eigenvalue weighted by Gasteiger charge is 2.19. The zero-order valence-electron chi connectivity index (χ0n) is 17.6. The Morgan fingerprint density at radius 1 is 1.00 bits per heavy atom. The number of aromatic nitrogens is 1. The predicted molar refractivity (Wildman–Crippen MR) is 117 cm³/mol. The van der Waals surface area contributed by atoms with Crippen molar-refractivity contribution in [2.75, 3.05) is 33.3 Å². The highest BCUT2D eigenvalue weighted by atomic mass is 32.1. The number of esters is 1. The summed E-state index contributed by atoms with van der Waals surface area (Å²) in [4.78, 5) is 29.4.